The predicted molar refractivity (Wildman–Crippen MR) is 66.4 cm³/mol. The van der Waals surface area contributed by atoms with Gasteiger partial charge in [-0.25, -0.2) is 0 Å². The highest BCUT2D eigenvalue weighted by atomic mass is 16.4. The Labute approximate surface area is 106 Å². The first-order valence-electron chi connectivity index (χ1n) is 5.16. The molecule has 104 valence electrons. The smallest absolute Gasteiger partial charge is 0.300 e. The summed E-state index contributed by atoms with van der Waals surface area (Å²) >= 11 is 0. The van der Waals surface area contributed by atoms with Gasteiger partial charge in [-0.05, 0) is 11.5 Å². The van der Waals surface area contributed by atoms with Crippen LogP contribution in [0.5, 0.6) is 0 Å². The summed E-state index contributed by atoms with van der Waals surface area (Å²) in [4.78, 5) is 18.0. The molecule has 0 aromatic rings. The summed E-state index contributed by atoms with van der Waals surface area (Å²) in [5, 5.41) is 32.9. The first-order chi connectivity index (χ1) is 7.96. The van der Waals surface area contributed by atoms with Gasteiger partial charge in [0, 0.05) is 26.3 Å². The normalized spacial score (nSPS) is 15.8. The molecule has 0 aromatic carbocycles. The third kappa shape index (κ3) is 16.4. The average molecular weight is 260 g/mol. The molecule has 1 aliphatic rings. The Balaban J connectivity index is 0. The van der Waals surface area contributed by atoms with Gasteiger partial charge in [0.2, 0.25) is 0 Å². The molecule has 0 heterocycles. The Hall–Kier alpha value is -1.98. The summed E-state index contributed by atoms with van der Waals surface area (Å²) in [5.74, 6) is -1.25. The maximum Gasteiger partial charge on any atom is 0.300 e. The van der Waals surface area contributed by atoms with Crippen molar-refractivity contribution < 1.29 is 30.0 Å². The molecule has 4 N–H and O–H groups in total. The summed E-state index contributed by atoms with van der Waals surface area (Å²) in [6.45, 7) is 6.10. The van der Waals surface area contributed by atoms with Crippen LogP contribution in [0, 0.1) is 5.41 Å². The number of hydrogen-bond acceptors (Lipinski definition) is 4. The quantitative estimate of drug-likeness (QED) is 0.532. The average Bonchev–Trinajstić information content (AvgIpc) is 1.94. The molecule has 0 fully saturated rings. The van der Waals surface area contributed by atoms with Crippen LogP contribution in [0.15, 0.2) is 23.7 Å². The van der Waals surface area contributed by atoms with Crippen LogP contribution in [0.1, 0.15) is 34.1 Å². The maximum atomic E-state index is 9.08. The topological polar surface area (TPSA) is 115 Å². The van der Waals surface area contributed by atoms with Crippen LogP contribution < -0.4 is 0 Å². The molecule has 0 aromatic heterocycles. The number of carboxylic acid groups (broad SMARTS) is 2. The van der Waals surface area contributed by atoms with E-state index < -0.39 is 11.9 Å². The molecule has 0 aliphatic heterocycles. The number of hydrogen-bond donors (Lipinski definition) is 4. The molecule has 1 aliphatic carbocycles. The molecule has 6 nitrogen and oxygen atoms in total. The molecule has 0 bridgehead atoms. The SMILES string of the molecule is CC(=O)O.CC(=O)O.CC1(C)C=C(O)C=C(O)C1. The Morgan fingerprint density at radius 1 is 1.11 bits per heavy atom. The molecule has 0 saturated heterocycles. The lowest BCUT2D eigenvalue weighted by molar-refractivity contribution is -0.135. The van der Waals surface area contributed by atoms with Gasteiger partial charge in [-0.1, -0.05) is 13.8 Å². The fraction of sp³-hybridized carbons (Fsp3) is 0.500. The number of aliphatic hydroxyl groups excluding tert-OH is 2. The fourth-order valence-electron chi connectivity index (χ4n) is 1.18. The van der Waals surface area contributed by atoms with Crippen LogP contribution in [0.3, 0.4) is 0 Å². The minimum absolute atomic E-state index is 0.108. The van der Waals surface area contributed by atoms with E-state index in [1.165, 1.54) is 6.08 Å². The van der Waals surface area contributed by atoms with E-state index in [1.54, 1.807) is 6.08 Å². The van der Waals surface area contributed by atoms with Crippen molar-refractivity contribution >= 4 is 11.9 Å². The van der Waals surface area contributed by atoms with Gasteiger partial charge < -0.3 is 20.4 Å². The van der Waals surface area contributed by atoms with Gasteiger partial charge in [0.05, 0.1) is 5.76 Å². The summed E-state index contributed by atoms with van der Waals surface area (Å²) < 4.78 is 0. The first kappa shape index (κ1) is 18.4. The van der Waals surface area contributed by atoms with Crippen LogP contribution in [0.4, 0.5) is 0 Å². The van der Waals surface area contributed by atoms with E-state index >= 15 is 0 Å². The van der Waals surface area contributed by atoms with Gasteiger partial charge in [0.25, 0.3) is 11.9 Å². The van der Waals surface area contributed by atoms with Crippen molar-refractivity contribution in [3.05, 3.63) is 23.7 Å². The van der Waals surface area contributed by atoms with Gasteiger partial charge >= 0.3 is 0 Å². The van der Waals surface area contributed by atoms with Crippen molar-refractivity contribution in [2.75, 3.05) is 0 Å². The molecule has 18 heavy (non-hydrogen) atoms. The largest absolute Gasteiger partial charge is 0.512 e. The Bertz CT molecular complexity index is 332. The Morgan fingerprint density at radius 2 is 1.44 bits per heavy atom. The second-order valence-electron chi connectivity index (χ2n) is 4.41. The molecule has 0 amide bonds. The highest BCUT2D eigenvalue weighted by molar-refractivity contribution is 5.63. The van der Waals surface area contributed by atoms with Crippen molar-refractivity contribution in [2.45, 2.75) is 34.1 Å². The molecular formula is C12H20O6. The Kier molecular flexibility index (Phi) is 8.34. The monoisotopic (exact) mass is 260 g/mol. The fourth-order valence-corrected chi connectivity index (χ4v) is 1.18. The second kappa shape index (κ2) is 8.16. The molecule has 0 spiro atoms. The number of carbonyl (C=O) groups is 2. The van der Waals surface area contributed by atoms with Crippen molar-refractivity contribution in [1.29, 1.82) is 0 Å². The number of allylic oxidation sites excluding steroid dienone is 3. The summed E-state index contributed by atoms with van der Waals surface area (Å²) in [6.07, 6.45) is 3.73. The van der Waals surface area contributed by atoms with E-state index in [-0.39, 0.29) is 16.9 Å². The van der Waals surface area contributed by atoms with Crippen LogP contribution in [0.2, 0.25) is 0 Å². The van der Waals surface area contributed by atoms with E-state index in [4.69, 9.17) is 30.0 Å². The summed E-state index contributed by atoms with van der Waals surface area (Å²) in [7, 11) is 0. The van der Waals surface area contributed by atoms with Crippen LogP contribution >= 0.6 is 0 Å². The van der Waals surface area contributed by atoms with Crippen molar-refractivity contribution in [3.63, 3.8) is 0 Å². The van der Waals surface area contributed by atoms with Gasteiger partial charge in [0.1, 0.15) is 5.76 Å². The number of aliphatic hydroxyl groups is 2. The second-order valence-corrected chi connectivity index (χ2v) is 4.41. The molecule has 0 radical (unpaired) electrons. The molecule has 6 heteroatoms. The predicted octanol–water partition coefficient (Wildman–Crippen LogP) is 2.48. The van der Waals surface area contributed by atoms with E-state index in [0.717, 1.165) is 13.8 Å². The van der Waals surface area contributed by atoms with Gasteiger partial charge in [-0.3, -0.25) is 9.59 Å². The number of aliphatic carboxylic acids is 2. The first-order valence-corrected chi connectivity index (χ1v) is 5.16. The Morgan fingerprint density at radius 3 is 1.67 bits per heavy atom. The molecule has 0 unspecified atom stereocenters. The van der Waals surface area contributed by atoms with Gasteiger partial charge in [-0.2, -0.15) is 0 Å². The van der Waals surface area contributed by atoms with E-state index in [1.807, 2.05) is 13.8 Å². The third-order valence-electron chi connectivity index (χ3n) is 1.49. The lowest BCUT2D eigenvalue weighted by Gasteiger charge is -2.22. The molecular weight excluding hydrogens is 240 g/mol. The van der Waals surface area contributed by atoms with Crippen LogP contribution in [-0.2, 0) is 9.59 Å². The zero-order chi connectivity index (χ0) is 14.9. The highest BCUT2D eigenvalue weighted by Gasteiger charge is 2.21. The molecule has 0 atom stereocenters. The summed E-state index contributed by atoms with van der Waals surface area (Å²) in [5.41, 5.74) is -0.108. The van der Waals surface area contributed by atoms with E-state index in [9.17, 15) is 0 Å². The highest BCUT2D eigenvalue weighted by Crippen LogP contribution is 2.30. The summed E-state index contributed by atoms with van der Waals surface area (Å²) in [6, 6.07) is 0. The number of carboxylic acids is 2. The van der Waals surface area contributed by atoms with Crippen molar-refractivity contribution in [3.8, 4) is 0 Å². The lowest BCUT2D eigenvalue weighted by atomic mass is 9.85. The minimum Gasteiger partial charge on any atom is -0.512 e. The zero-order valence-electron chi connectivity index (χ0n) is 11.0. The molecule has 0 saturated carbocycles. The van der Waals surface area contributed by atoms with E-state index in [0.29, 0.717) is 6.42 Å². The van der Waals surface area contributed by atoms with Crippen molar-refractivity contribution in [2.24, 2.45) is 5.41 Å². The van der Waals surface area contributed by atoms with Crippen LogP contribution in [0.25, 0.3) is 0 Å². The molecule has 1 rings (SSSR count). The minimum atomic E-state index is -0.833. The van der Waals surface area contributed by atoms with Gasteiger partial charge in [-0.15, -0.1) is 0 Å². The van der Waals surface area contributed by atoms with Crippen LogP contribution in [-0.4, -0.2) is 32.4 Å². The number of rotatable bonds is 0. The third-order valence-corrected chi connectivity index (χ3v) is 1.49. The van der Waals surface area contributed by atoms with Gasteiger partial charge in [0.15, 0.2) is 0 Å². The maximum absolute atomic E-state index is 9.08. The zero-order valence-corrected chi connectivity index (χ0v) is 11.0. The van der Waals surface area contributed by atoms with Crippen molar-refractivity contribution in [1.82, 2.24) is 0 Å². The van der Waals surface area contributed by atoms with E-state index in [2.05, 4.69) is 0 Å². The lowest BCUT2D eigenvalue weighted by Crippen LogP contribution is -2.13. The standard InChI is InChI=1S/C8H12O2.2C2H4O2/c1-8(2)4-6(9)3-7(10)5-8;2*1-2(3)4/h3-4,9-10H,5H2,1-2H3;2*1H3,(H,3,4).